The van der Waals surface area contributed by atoms with Crippen molar-refractivity contribution in [2.75, 3.05) is 0 Å². The second-order valence-corrected chi connectivity index (χ2v) is 2.39. The van der Waals surface area contributed by atoms with E-state index in [9.17, 15) is 15.3 Å². The Labute approximate surface area is 68.2 Å². The molecule has 0 aromatic carbocycles. The molecular weight excluding hydrogens is 162 g/mol. The average Bonchev–Trinajstić information content (AvgIpc) is 1.96. The van der Waals surface area contributed by atoms with Gasteiger partial charge in [0.1, 0.15) is 5.69 Å². The van der Waals surface area contributed by atoms with Gasteiger partial charge in [-0.25, -0.2) is 0 Å². The van der Waals surface area contributed by atoms with Crippen LogP contribution in [-0.2, 0) is 0 Å². The standard InChI is InChI=1S/C6H7N3O3/c1-4-3-6(9(11)12)5(2)8(10)7-4/h3H,1-2H3. The van der Waals surface area contributed by atoms with Crippen LogP contribution < -0.4 is 4.85 Å². The fourth-order valence-corrected chi connectivity index (χ4v) is 0.832. The molecule has 0 N–H and O–H groups in total. The van der Waals surface area contributed by atoms with Crippen LogP contribution >= 0.6 is 0 Å². The molecule has 6 heteroatoms. The number of hydrogen-bond acceptors (Lipinski definition) is 4. The molecule has 0 aliphatic heterocycles. The largest absolute Gasteiger partial charge is 0.594 e. The first-order valence-corrected chi connectivity index (χ1v) is 3.25. The van der Waals surface area contributed by atoms with E-state index in [0.29, 0.717) is 5.69 Å². The normalized spacial score (nSPS) is 9.83. The van der Waals surface area contributed by atoms with Crippen molar-refractivity contribution in [2.24, 2.45) is 0 Å². The molecule has 0 atom stereocenters. The van der Waals surface area contributed by atoms with Gasteiger partial charge >= 0.3 is 5.69 Å². The summed E-state index contributed by atoms with van der Waals surface area (Å²) in [6, 6.07) is 1.27. The summed E-state index contributed by atoms with van der Waals surface area (Å²) in [5, 5.41) is 24.7. The van der Waals surface area contributed by atoms with Crippen LogP contribution in [0.4, 0.5) is 5.69 Å². The van der Waals surface area contributed by atoms with Crippen molar-refractivity contribution in [2.45, 2.75) is 13.8 Å². The number of aromatic nitrogens is 2. The van der Waals surface area contributed by atoms with Gasteiger partial charge in [0.15, 0.2) is 0 Å². The molecule has 6 nitrogen and oxygen atoms in total. The topological polar surface area (TPSA) is 83.0 Å². The van der Waals surface area contributed by atoms with E-state index in [1.54, 1.807) is 0 Å². The maximum atomic E-state index is 10.9. The van der Waals surface area contributed by atoms with Crippen molar-refractivity contribution in [1.82, 2.24) is 5.10 Å². The summed E-state index contributed by atoms with van der Waals surface area (Å²) in [6.45, 7) is 2.89. The highest BCUT2D eigenvalue weighted by molar-refractivity contribution is 5.31. The summed E-state index contributed by atoms with van der Waals surface area (Å²) in [4.78, 5) is 10.0. The number of nitrogens with zero attached hydrogens (tertiary/aromatic N) is 3. The Kier molecular flexibility index (Phi) is 1.90. The molecule has 0 unspecified atom stereocenters. The van der Waals surface area contributed by atoms with Gasteiger partial charge in [-0.3, -0.25) is 10.1 Å². The smallest absolute Gasteiger partial charge is 0.341 e. The summed E-state index contributed by atoms with van der Waals surface area (Å²) in [5.41, 5.74) is 0.144. The SMILES string of the molecule is Cc1cc([N+](=O)[O-])c(C)[n+]([O-])n1. The van der Waals surface area contributed by atoms with Gasteiger partial charge in [-0.05, 0) is 11.8 Å². The van der Waals surface area contributed by atoms with Crippen LogP contribution in [0.1, 0.15) is 11.4 Å². The van der Waals surface area contributed by atoms with E-state index in [2.05, 4.69) is 5.10 Å². The molecule has 0 aliphatic rings. The number of nitro groups is 1. The lowest BCUT2D eigenvalue weighted by Gasteiger charge is -1.98. The molecule has 1 aromatic rings. The second kappa shape index (κ2) is 2.72. The molecule has 0 fully saturated rings. The maximum Gasteiger partial charge on any atom is 0.341 e. The Morgan fingerprint density at radius 3 is 2.67 bits per heavy atom. The van der Waals surface area contributed by atoms with Crippen LogP contribution in [0, 0.1) is 29.2 Å². The summed E-state index contributed by atoms with van der Waals surface area (Å²) >= 11 is 0. The van der Waals surface area contributed by atoms with E-state index in [1.165, 1.54) is 19.9 Å². The molecule has 64 valence electrons. The van der Waals surface area contributed by atoms with Gasteiger partial charge < -0.3 is 5.21 Å². The summed E-state index contributed by atoms with van der Waals surface area (Å²) in [6.07, 6.45) is 0. The third kappa shape index (κ3) is 1.31. The molecule has 0 saturated heterocycles. The van der Waals surface area contributed by atoms with Gasteiger partial charge in [-0.15, -0.1) is 0 Å². The van der Waals surface area contributed by atoms with Gasteiger partial charge in [-0.1, -0.05) is 0 Å². The van der Waals surface area contributed by atoms with Gasteiger partial charge in [0, 0.05) is 12.0 Å². The van der Waals surface area contributed by atoms with Gasteiger partial charge in [0.05, 0.1) is 11.0 Å². The van der Waals surface area contributed by atoms with E-state index in [4.69, 9.17) is 0 Å². The molecule has 0 amide bonds. The molecule has 0 aliphatic carbocycles. The summed E-state index contributed by atoms with van der Waals surface area (Å²) in [7, 11) is 0. The van der Waals surface area contributed by atoms with Crippen molar-refractivity contribution in [1.29, 1.82) is 0 Å². The Balaban J connectivity index is 3.37. The molecule has 12 heavy (non-hydrogen) atoms. The fourth-order valence-electron chi connectivity index (χ4n) is 0.832. The molecule has 1 rings (SSSR count). The molecule has 1 aromatic heterocycles. The second-order valence-electron chi connectivity index (χ2n) is 2.39. The zero-order valence-corrected chi connectivity index (χ0v) is 6.64. The first-order valence-electron chi connectivity index (χ1n) is 3.25. The van der Waals surface area contributed by atoms with Crippen molar-refractivity contribution in [3.05, 3.63) is 32.8 Å². The number of aryl methyl sites for hydroxylation is 1. The highest BCUT2D eigenvalue weighted by Crippen LogP contribution is 2.12. The number of hydrogen-bond donors (Lipinski definition) is 0. The van der Waals surface area contributed by atoms with Crippen molar-refractivity contribution < 1.29 is 9.77 Å². The van der Waals surface area contributed by atoms with Gasteiger partial charge in [-0.2, -0.15) is 0 Å². The Hall–Kier alpha value is -1.72. The van der Waals surface area contributed by atoms with Crippen LogP contribution in [0.2, 0.25) is 0 Å². The molecule has 0 radical (unpaired) electrons. The van der Waals surface area contributed by atoms with Crippen LogP contribution in [0.25, 0.3) is 0 Å². The van der Waals surface area contributed by atoms with Crippen molar-refractivity contribution in [3.63, 3.8) is 0 Å². The van der Waals surface area contributed by atoms with Gasteiger partial charge in [0.25, 0.3) is 5.69 Å². The first-order chi connectivity index (χ1) is 5.52. The third-order valence-corrected chi connectivity index (χ3v) is 1.45. The highest BCUT2D eigenvalue weighted by atomic mass is 16.6. The predicted octanol–water partition coefficient (Wildman–Crippen LogP) is 0.240. The summed E-state index contributed by atoms with van der Waals surface area (Å²) in [5.74, 6) is 0. The monoisotopic (exact) mass is 169 g/mol. The zero-order chi connectivity index (χ0) is 9.30. The van der Waals surface area contributed by atoms with E-state index in [-0.39, 0.29) is 16.2 Å². The molecule has 0 bridgehead atoms. The number of rotatable bonds is 1. The first kappa shape index (κ1) is 8.38. The minimum absolute atomic E-state index is 0.00519. The third-order valence-electron chi connectivity index (χ3n) is 1.45. The van der Waals surface area contributed by atoms with E-state index < -0.39 is 4.92 Å². The van der Waals surface area contributed by atoms with Crippen LogP contribution in [-0.4, -0.2) is 10.0 Å². The van der Waals surface area contributed by atoms with Crippen LogP contribution in [0.5, 0.6) is 0 Å². The quantitative estimate of drug-likeness (QED) is 0.261. The molecule has 1 heterocycles. The summed E-state index contributed by atoms with van der Waals surface area (Å²) < 4.78 is 0. The van der Waals surface area contributed by atoms with Crippen molar-refractivity contribution >= 4 is 5.69 Å². The Morgan fingerprint density at radius 2 is 2.17 bits per heavy atom. The lowest BCUT2D eigenvalue weighted by atomic mass is 10.3. The highest BCUT2D eigenvalue weighted by Gasteiger charge is 2.20. The minimum Gasteiger partial charge on any atom is -0.594 e. The molecule has 0 saturated carbocycles. The lowest BCUT2D eigenvalue weighted by molar-refractivity contribution is -0.679. The Bertz CT molecular complexity index is 337. The lowest BCUT2D eigenvalue weighted by Crippen LogP contribution is -2.35. The fraction of sp³-hybridized carbons (Fsp3) is 0.333. The van der Waals surface area contributed by atoms with Gasteiger partial charge in [0.2, 0.25) is 0 Å². The Morgan fingerprint density at radius 1 is 1.58 bits per heavy atom. The van der Waals surface area contributed by atoms with E-state index in [1.807, 2.05) is 0 Å². The van der Waals surface area contributed by atoms with E-state index >= 15 is 0 Å². The van der Waals surface area contributed by atoms with Crippen molar-refractivity contribution in [3.8, 4) is 0 Å². The maximum absolute atomic E-state index is 10.9. The average molecular weight is 169 g/mol. The van der Waals surface area contributed by atoms with Crippen LogP contribution in [0.15, 0.2) is 6.07 Å². The predicted molar refractivity (Wildman–Crippen MR) is 39.3 cm³/mol. The van der Waals surface area contributed by atoms with E-state index in [0.717, 1.165) is 0 Å². The molecule has 0 spiro atoms. The van der Waals surface area contributed by atoms with Crippen LogP contribution in [0.3, 0.4) is 0 Å². The zero-order valence-electron chi connectivity index (χ0n) is 6.64. The minimum atomic E-state index is -0.599. The molecular formula is C6H7N3O3.